The van der Waals surface area contributed by atoms with Crippen molar-refractivity contribution < 1.29 is 0 Å². The number of hydrogen-bond acceptors (Lipinski definition) is 2. The molecule has 0 aliphatic carbocycles. The largest absolute Gasteiger partial charge is 0.320 e. The number of rotatable bonds is 4. The average Bonchev–Trinajstić information content (AvgIpc) is 2.76. The van der Waals surface area contributed by atoms with Crippen molar-refractivity contribution in [3.8, 4) is 0 Å². The summed E-state index contributed by atoms with van der Waals surface area (Å²) in [6, 6.07) is 10.9. The van der Waals surface area contributed by atoms with Gasteiger partial charge < -0.3 is 5.73 Å². The van der Waals surface area contributed by atoms with Crippen LogP contribution in [0.1, 0.15) is 41.0 Å². The van der Waals surface area contributed by atoms with Crippen molar-refractivity contribution in [3.63, 3.8) is 0 Å². The van der Waals surface area contributed by atoms with Gasteiger partial charge in [-0.15, -0.1) is 11.3 Å². The van der Waals surface area contributed by atoms with E-state index < -0.39 is 0 Å². The molecule has 0 bridgehead atoms. The van der Waals surface area contributed by atoms with E-state index >= 15 is 0 Å². The third-order valence-electron chi connectivity index (χ3n) is 3.06. The molecule has 0 aliphatic rings. The van der Waals surface area contributed by atoms with Gasteiger partial charge in [-0.05, 0) is 41.5 Å². The van der Waals surface area contributed by atoms with Crippen molar-refractivity contribution in [1.82, 2.24) is 0 Å². The molecule has 0 radical (unpaired) electrons. The molecule has 1 atom stereocenters. The summed E-state index contributed by atoms with van der Waals surface area (Å²) in [7, 11) is 0. The van der Waals surface area contributed by atoms with E-state index in [1.54, 1.807) is 11.3 Å². The van der Waals surface area contributed by atoms with Crippen LogP contribution in [0.25, 0.3) is 0 Å². The SMILES string of the molecule is CCCc1ccc(C(N)c2sccc2C)cc1. The third-order valence-corrected chi connectivity index (χ3v) is 4.16. The molecule has 2 aromatic rings. The van der Waals surface area contributed by atoms with Crippen LogP contribution >= 0.6 is 11.3 Å². The number of aryl methyl sites for hydroxylation is 2. The van der Waals surface area contributed by atoms with Crippen LogP contribution in [0.15, 0.2) is 35.7 Å². The smallest absolute Gasteiger partial charge is 0.0648 e. The maximum Gasteiger partial charge on any atom is 0.0648 e. The topological polar surface area (TPSA) is 26.0 Å². The Balaban J connectivity index is 2.20. The van der Waals surface area contributed by atoms with E-state index in [0.717, 1.165) is 6.42 Å². The molecule has 2 rings (SSSR count). The lowest BCUT2D eigenvalue weighted by molar-refractivity contribution is 0.877. The fourth-order valence-electron chi connectivity index (χ4n) is 2.03. The standard InChI is InChI=1S/C15H19NS/c1-3-4-12-5-7-13(8-6-12)14(16)15-11(2)9-10-17-15/h5-10,14H,3-4,16H2,1-2H3. The molecule has 0 fully saturated rings. The molecule has 90 valence electrons. The quantitative estimate of drug-likeness (QED) is 0.863. The zero-order chi connectivity index (χ0) is 12.3. The lowest BCUT2D eigenvalue weighted by Gasteiger charge is -2.12. The van der Waals surface area contributed by atoms with Gasteiger partial charge in [0.05, 0.1) is 6.04 Å². The Hall–Kier alpha value is -1.12. The van der Waals surface area contributed by atoms with Gasteiger partial charge in [-0.25, -0.2) is 0 Å². The molecule has 17 heavy (non-hydrogen) atoms. The van der Waals surface area contributed by atoms with Crippen LogP contribution in [0, 0.1) is 6.92 Å². The van der Waals surface area contributed by atoms with Gasteiger partial charge in [0.1, 0.15) is 0 Å². The molecule has 1 unspecified atom stereocenters. The number of hydrogen-bond donors (Lipinski definition) is 1. The Morgan fingerprint density at radius 1 is 1.18 bits per heavy atom. The minimum absolute atomic E-state index is 0.0191. The molecule has 1 aromatic heterocycles. The molecule has 0 aliphatic heterocycles. The molecular weight excluding hydrogens is 226 g/mol. The normalized spacial score (nSPS) is 12.6. The van der Waals surface area contributed by atoms with Crippen molar-refractivity contribution in [1.29, 1.82) is 0 Å². The second kappa shape index (κ2) is 5.48. The van der Waals surface area contributed by atoms with E-state index in [9.17, 15) is 0 Å². The van der Waals surface area contributed by atoms with Crippen LogP contribution in [-0.4, -0.2) is 0 Å². The summed E-state index contributed by atoms with van der Waals surface area (Å²) in [6.45, 7) is 4.33. The van der Waals surface area contributed by atoms with E-state index in [1.165, 1.54) is 28.0 Å². The Morgan fingerprint density at radius 2 is 1.88 bits per heavy atom. The highest BCUT2D eigenvalue weighted by molar-refractivity contribution is 7.10. The van der Waals surface area contributed by atoms with Gasteiger partial charge in [0.2, 0.25) is 0 Å². The maximum atomic E-state index is 6.30. The first kappa shape index (κ1) is 12.3. The Kier molecular flexibility index (Phi) is 3.97. The van der Waals surface area contributed by atoms with Crippen LogP contribution in [0.3, 0.4) is 0 Å². The van der Waals surface area contributed by atoms with Crippen LogP contribution < -0.4 is 5.73 Å². The molecule has 2 heteroatoms. The predicted octanol–water partition coefficient (Wildman–Crippen LogP) is 4.06. The van der Waals surface area contributed by atoms with E-state index in [4.69, 9.17) is 5.73 Å². The fraction of sp³-hybridized carbons (Fsp3) is 0.333. The number of nitrogens with two attached hydrogens (primary N) is 1. The van der Waals surface area contributed by atoms with Gasteiger partial charge in [0.15, 0.2) is 0 Å². The van der Waals surface area contributed by atoms with Crippen LogP contribution in [0.2, 0.25) is 0 Å². The molecule has 0 saturated heterocycles. The summed E-state index contributed by atoms with van der Waals surface area (Å²) in [5.74, 6) is 0. The highest BCUT2D eigenvalue weighted by Gasteiger charge is 2.12. The first-order valence-electron chi connectivity index (χ1n) is 6.10. The Labute approximate surface area is 107 Å². The van der Waals surface area contributed by atoms with Gasteiger partial charge in [-0.1, -0.05) is 37.6 Å². The summed E-state index contributed by atoms with van der Waals surface area (Å²) >= 11 is 1.74. The maximum absolute atomic E-state index is 6.30. The second-order valence-electron chi connectivity index (χ2n) is 4.44. The van der Waals surface area contributed by atoms with Gasteiger partial charge in [0.25, 0.3) is 0 Å². The molecular formula is C15H19NS. The molecule has 1 nitrogen and oxygen atoms in total. The minimum atomic E-state index is 0.0191. The zero-order valence-corrected chi connectivity index (χ0v) is 11.3. The highest BCUT2D eigenvalue weighted by Crippen LogP contribution is 2.27. The average molecular weight is 245 g/mol. The van der Waals surface area contributed by atoms with E-state index in [0.29, 0.717) is 0 Å². The molecule has 0 spiro atoms. The predicted molar refractivity (Wildman–Crippen MR) is 75.5 cm³/mol. The van der Waals surface area contributed by atoms with Crippen molar-refractivity contribution in [2.75, 3.05) is 0 Å². The van der Waals surface area contributed by atoms with Gasteiger partial charge in [-0.2, -0.15) is 0 Å². The fourth-order valence-corrected chi connectivity index (χ4v) is 2.99. The number of thiophene rings is 1. The Bertz CT molecular complexity index is 470. The van der Waals surface area contributed by atoms with Crippen LogP contribution in [0.5, 0.6) is 0 Å². The Morgan fingerprint density at radius 3 is 2.41 bits per heavy atom. The molecule has 0 saturated carbocycles. The van der Waals surface area contributed by atoms with E-state index in [-0.39, 0.29) is 6.04 Å². The molecule has 2 N–H and O–H groups in total. The van der Waals surface area contributed by atoms with E-state index in [2.05, 4.69) is 49.6 Å². The van der Waals surface area contributed by atoms with E-state index in [1.807, 2.05) is 0 Å². The first-order chi connectivity index (χ1) is 8.22. The third kappa shape index (κ3) is 2.76. The van der Waals surface area contributed by atoms with Gasteiger partial charge in [0, 0.05) is 4.88 Å². The summed E-state index contributed by atoms with van der Waals surface area (Å²) in [5, 5.41) is 2.11. The first-order valence-corrected chi connectivity index (χ1v) is 6.98. The minimum Gasteiger partial charge on any atom is -0.320 e. The summed E-state index contributed by atoms with van der Waals surface area (Å²) < 4.78 is 0. The zero-order valence-electron chi connectivity index (χ0n) is 10.4. The van der Waals surface area contributed by atoms with Crippen molar-refractivity contribution in [2.45, 2.75) is 32.7 Å². The molecule has 1 aromatic carbocycles. The van der Waals surface area contributed by atoms with Crippen molar-refractivity contribution >= 4 is 11.3 Å². The van der Waals surface area contributed by atoms with Crippen molar-refractivity contribution in [2.24, 2.45) is 5.73 Å². The summed E-state index contributed by atoms with van der Waals surface area (Å²) in [5.41, 5.74) is 10.2. The van der Waals surface area contributed by atoms with Gasteiger partial charge in [-0.3, -0.25) is 0 Å². The second-order valence-corrected chi connectivity index (χ2v) is 5.38. The lowest BCUT2D eigenvalue weighted by atomic mass is 10.0. The highest BCUT2D eigenvalue weighted by atomic mass is 32.1. The van der Waals surface area contributed by atoms with Crippen LogP contribution in [-0.2, 0) is 6.42 Å². The van der Waals surface area contributed by atoms with Gasteiger partial charge >= 0.3 is 0 Å². The molecule has 0 amide bonds. The summed E-state index contributed by atoms with van der Waals surface area (Å²) in [6.07, 6.45) is 2.34. The molecule has 1 heterocycles. The number of benzene rings is 1. The summed E-state index contributed by atoms with van der Waals surface area (Å²) in [4.78, 5) is 1.27. The van der Waals surface area contributed by atoms with Crippen LogP contribution in [0.4, 0.5) is 0 Å². The van der Waals surface area contributed by atoms with Crippen molar-refractivity contribution in [3.05, 3.63) is 57.3 Å². The monoisotopic (exact) mass is 245 g/mol. The lowest BCUT2D eigenvalue weighted by Crippen LogP contribution is -2.11.